The number of aromatic nitrogens is 1. The summed E-state index contributed by atoms with van der Waals surface area (Å²) in [6.45, 7) is 3.75. The maximum atomic E-state index is 5.75. The van der Waals surface area contributed by atoms with Gasteiger partial charge in [0, 0.05) is 0 Å². The van der Waals surface area contributed by atoms with Crippen LogP contribution in [0.3, 0.4) is 0 Å². The number of oxazole rings is 1. The lowest BCUT2D eigenvalue weighted by Crippen LogP contribution is -1.88. The molecule has 0 unspecified atom stereocenters. The number of para-hydroxylation sites is 2. The lowest BCUT2D eigenvalue weighted by molar-refractivity contribution is 0.414. The zero-order valence-corrected chi connectivity index (χ0v) is 10.6. The van der Waals surface area contributed by atoms with Crippen LogP contribution in [0.15, 0.2) is 53.5 Å². The maximum Gasteiger partial charge on any atom is 0.231 e. The first-order valence-electron chi connectivity index (χ1n) is 5.98. The number of nitrogens with zero attached hydrogens (tertiary/aromatic N) is 1. The van der Waals surface area contributed by atoms with E-state index in [4.69, 9.17) is 9.15 Å². The van der Waals surface area contributed by atoms with E-state index in [2.05, 4.69) is 11.6 Å². The minimum absolute atomic E-state index is 0.564. The van der Waals surface area contributed by atoms with Gasteiger partial charge in [0.25, 0.3) is 0 Å². The summed E-state index contributed by atoms with van der Waals surface area (Å²) in [4.78, 5) is 4.47. The molecule has 3 heteroatoms. The van der Waals surface area contributed by atoms with E-state index >= 15 is 0 Å². The van der Waals surface area contributed by atoms with Crippen molar-refractivity contribution in [1.29, 1.82) is 0 Å². The highest BCUT2D eigenvalue weighted by atomic mass is 16.5. The second-order valence-electron chi connectivity index (χ2n) is 4.15. The molecule has 3 aromatic rings. The number of ether oxygens (including phenoxy) is 1. The van der Waals surface area contributed by atoms with Crippen LogP contribution in [-0.4, -0.2) is 12.1 Å². The third kappa shape index (κ3) is 1.99. The molecule has 2 aromatic carbocycles. The van der Waals surface area contributed by atoms with Gasteiger partial charge in [-0.15, -0.1) is 0 Å². The highest BCUT2D eigenvalue weighted by Gasteiger charge is 2.12. The monoisotopic (exact) mass is 251 g/mol. The van der Waals surface area contributed by atoms with Gasteiger partial charge >= 0.3 is 0 Å². The van der Waals surface area contributed by atoms with Gasteiger partial charge in [0.15, 0.2) is 5.58 Å². The van der Waals surface area contributed by atoms with Crippen molar-refractivity contribution in [3.63, 3.8) is 0 Å². The molecular weight excluding hydrogens is 238 g/mol. The number of methoxy groups -OCH3 is 1. The van der Waals surface area contributed by atoms with E-state index < -0.39 is 0 Å². The van der Waals surface area contributed by atoms with E-state index in [1.54, 1.807) is 13.2 Å². The molecule has 0 saturated carbocycles. The molecule has 0 amide bonds. The zero-order chi connectivity index (χ0) is 13.2. The van der Waals surface area contributed by atoms with Gasteiger partial charge in [-0.2, -0.15) is 0 Å². The first kappa shape index (κ1) is 11.5. The molecule has 0 fully saturated rings. The Labute approximate surface area is 111 Å². The fourth-order valence-corrected chi connectivity index (χ4v) is 2.00. The maximum absolute atomic E-state index is 5.75. The SMILES string of the molecule is C=Cc1ccc(-c2nc3ccccc3o2)c(OC)c1. The van der Waals surface area contributed by atoms with E-state index in [1.165, 1.54) is 0 Å². The molecule has 0 bridgehead atoms. The molecule has 3 nitrogen and oxygen atoms in total. The summed E-state index contributed by atoms with van der Waals surface area (Å²) >= 11 is 0. The predicted octanol–water partition coefficient (Wildman–Crippen LogP) is 4.15. The van der Waals surface area contributed by atoms with Crippen LogP contribution in [0, 0.1) is 0 Å². The quantitative estimate of drug-likeness (QED) is 0.701. The molecule has 0 radical (unpaired) electrons. The molecule has 0 N–H and O–H groups in total. The van der Waals surface area contributed by atoms with Crippen molar-refractivity contribution in [3.8, 4) is 17.2 Å². The second kappa shape index (κ2) is 4.61. The summed E-state index contributed by atoms with van der Waals surface area (Å²) in [6, 6.07) is 13.5. The van der Waals surface area contributed by atoms with Gasteiger partial charge in [0.2, 0.25) is 5.89 Å². The van der Waals surface area contributed by atoms with E-state index in [1.807, 2.05) is 42.5 Å². The van der Waals surface area contributed by atoms with Gasteiger partial charge in [-0.3, -0.25) is 0 Å². The first-order valence-corrected chi connectivity index (χ1v) is 5.98. The largest absolute Gasteiger partial charge is 0.496 e. The van der Waals surface area contributed by atoms with E-state index in [0.717, 1.165) is 28.0 Å². The van der Waals surface area contributed by atoms with Crippen LogP contribution in [0.5, 0.6) is 5.75 Å². The fourth-order valence-electron chi connectivity index (χ4n) is 2.00. The Kier molecular flexibility index (Phi) is 2.80. The highest BCUT2D eigenvalue weighted by molar-refractivity contribution is 5.77. The molecule has 1 aromatic heterocycles. The first-order chi connectivity index (χ1) is 9.31. The van der Waals surface area contributed by atoms with Crippen LogP contribution in [0.2, 0.25) is 0 Å². The van der Waals surface area contributed by atoms with Gasteiger partial charge < -0.3 is 9.15 Å². The summed E-state index contributed by atoms with van der Waals surface area (Å²) in [5.74, 6) is 1.29. The van der Waals surface area contributed by atoms with E-state index in [0.29, 0.717) is 5.89 Å². The molecule has 0 atom stereocenters. The molecule has 1 heterocycles. The third-order valence-electron chi connectivity index (χ3n) is 2.99. The number of fused-ring (bicyclic) bond motifs is 1. The average Bonchev–Trinajstić information content (AvgIpc) is 2.90. The van der Waals surface area contributed by atoms with Gasteiger partial charge in [-0.1, -0.05) is 30.9 Å². The number of hydrogen-bond acceptors (Lipinski definition) is 3. The van der Waals surface area contributed by atoms with Crippen LogP contribution >= 0.6 is 0 Å². The summed E-state index contributed by atoms with van der Waals surface area (Å²) in [7, 11) is 1.63. The lowest BCUT2D eigenvalue weighted by Gasteiger charge is -2.06. The zero-order valence-electron chi connectivity index (χ0n) is 10.6. The van der Waals surface area contributed by atoms with Gasteiger partial charge in [0.05, 0.1) is 12.7 Å². The van der Waals surface area contributed by atoms with Crippen LogP contribution < -0.4 is 4.74 Å². The lowest BCUT2D eigenvalue weighted by atomic mass is 10.1. The Bertz CT molecular complexity index is 710. The fraction of sp³-hybridized carbons (Fsp3) is 0.0625. The summed E-state index contributed by atoms with van der Waals surface area (Å²) in [5.41, 5.74) is 3.45. The second-order valence-corrected chi connectivity index (χ2v) is 4.15. The van der Waals surface area contributed by atoms with Gasteiger partial charge in [-0.05, 0) is 29.8 Å². The molecule has 0 aliphatic rings. The minimum Gasteiger partial charge on any atom is -0.496 e. The third-order valence-corrected chi connectivity index (χ3v) is 2.99. The molecule has 3 rings (SSSR count). The standard InChI is InChI=1S/C16H13NO2/c1-3-11-8-9-12(15(10-11)18-2)16-17-13-6-4-5-7-14(13)19-16/h3-10H,1H2,2H3. The predicted molar refractivity (Wildman–Crippen MR) is 76.1 cm³/mol. The van der Waals surface area contributed by atoms with Crippen LogP contribution in [0.4, 0.5) is 0 Å². The minimum atomic E-state index is 0.564. The van der Waals surface area contributed by atoms with Crippen molar-refractivity contribution in [2.24, 2.45) is 0 Å². The van der Waals surface area contributed by atoms with Crippen molar-refractivity contribution >= 4 is 17.2 Å². The van der Waals surface area contributed by atoms with Crippen molar-refractivity contribution < 1.29 is 9.15 Å². The molecular formula is C16H13NO2. The Hall–Kier alpha value is -2.55. The average molecular weight is 251 g/mol. The number of rotatable bonds is 3. The molecule has 0 aliphatic carbocycles. The smallest absolute Gasteiger partial charge is 0.231 e. The normalized spacial score (nSPS) is 10.6. The molecule has 94 valence electrons. The molecule has 0 spiro atoms. The Morgan fingerprint density at radius 1 is 1.21 bits per heavy atom. The van der Waals surface area contributed by atoms with Crippen molar-refractivity contribution in [3.05, 3.63) is 54.6 Å². The van der Waals surface area contributed by atoms with E-state index in [-0.39, 0.29) is 0 Å². The van der Waals surface area contributed by atoms with Crippen LogP contribution in [0.25, 0.3) is 28.6 Å². The molecule has 19 heavy (non-hydrogen) atoms. The molecule has 0 aliphatic heterocycles. The Morgan fingerprint density at radius 3 is 2.79 bits per heavy atom. The van der Waals surface area contributed by atoms with Gasteiger partial charge in [-0.25, -0.2) is 4.98 Å². The highest BCUT2D eigenvalue weighted by Crippen LogP contribution is 2.32. The summed E-state index contributed by atoms with van der Waals surface area (Å²) in [5, 5.41) is 0. The van der Waals surface area contributed by atoms with Crippen molar-refractivity contribution in [1.82, 2.24) is 4.98 Å². The number of hydrogen-bond donors (Lipinski definition) is 0. The Morgan fingerprint density at radius 2 is 2.05 bits per heavy atom. The van der Waals surface area contributed by atoms with Crippen molar-refractivity contribution in [2.75, 3.05) is 7.11 Å². The van der Waals surface area contributed by atoms with E-state index in [9.17, 15) is 0 Å². The molecule has 0 saturated heterocycles. The summed E-state index contributed by atoms with van der Waals surface area (Å²) in [6.07, 6.45) is 1.78. The topological polar surface area (TPSA) is 35.3 Å². The van der Waals surface area contributed by atoms with Crippen LogP contribution in [-0.2, 0) is 0 Å². The van der Waals surface area contributed by atoms with Crippen LogP contribution in [0.1, 0.15) is 5.56 Å². The number of benzene rings is 2. The Balaban J connectivity index is 2.17. The van der Waals surface area contributed by atoms with Gasteiger partial charge in [0.1, 0.15) is 11.3 Å². The van der Waals surface area contributed by atoms with Crippen molar-refractivity contribution in [2.45, 2.75) is 0 Å². The summed E-state index contributed by atoms with van der Waals surface area (Å²) < 4.78 is 11.1.